The van der Waals surface area contributed by atoms with E-state index >= 15 is 0 Å². The van der Waals surface area contributed by atoms with Crippen LogP contribution in [0.4, 0.5) is 4.39 Å². The number of nitrogens with one attached hydrogen (secondary N) is 1. The summed E-state index contributed by atoms with van der Waals surface area (Å²) in [5, 5.41) is 4.09. The van der Waals surface area contributed by atoms with Gasteiger partial charge in [-0.05, 0) is 48.7 Å². The van der Waals surface area contributed by atoms with Crippen molar-refractivity contribution < 1.29 is 9.18 Å². The van der Waals surface area contributed by atoms with Crippen molar-refractivity contribution in [2.45, 2.75) is 31.2 Å². The number of carbonyl (C=O) groups is 1. The van der Waals surface area contributed by atoms with Crippen molar-refractivity contribution in [3.05, 3.63) is 77.7 Å². The highest BCUT2D eigenvalue weighted by molar-refractivity contribution is 6.06. The molecule has 1 heterocycles. The van der Waals surface area contributed by atoms with Gasteiger partial charge in [0.05, 0.1) is 11.1 Å². The predicted molar refractivity (Wildman–Crippen MR) is 95.8 cm³/mol. The number of fused-ring (bicyclic) bond motifs is 1. The van der Waals surface area contributed by atoms with Crippen molar-refractivity contribution in [2.24, 2.45) is 0 Å². The van der Waals surface area contributed by atoms with Gasteiger partial charge >= 0.3 is 0 Å². The minimum atomic E-state index is -0.421. The fourth-order valence-electron chi connectivity index (χ4n) is 3.82. The van der Waals surface area contributed by atoms with Gasteiger partial charge in [0.15, 0.2) is 0 Å². The highest BCUT2D eigenvalue weighted by atomic mass is 19.1. The molecule has 2 aromatic carbocycles. The Labute approximate surface area is 145 Å². The van der Waals surface area contributed by atoms with E-state index in [0.717, 1.165) is 42.1 Å². The van der Waals surface area contributed by atoms with Gasteiger partial charge < -0.3 is 5.32 Å². The van der Waals surface area contributed by atoms with Crippen LogP contribution in [0.15, 0.2) is 60.8 Å². The molecule has 1 aromatic heterocycles. The lowest BCUT2D eigenvalue weighted by atomic mass is 9.87. The van der Waals surface area contributed by atoms with Gasteiger partial charge in [0, 0.05) is 17.1 Å². The monoisotopic (exact) mass is 334 g/mol. The Morgan fingerprint density at radius 3 is 2.52 bits per heavy atom. The third-order valence-electron chi connectivity index (χ3n) is 5.10. The van der Waals surface area contributed by atoms with Crippen LogP contribution < -0.4 is 5.32 Å². The van der Waals surface area contributed by atoms with Gasteiger partial charge in [-0.25, -0.2) is 4.39 Å². The molecule has 0 saturated heterocycles. The number of benzene rings is 2. The summed E-state index contributed by atoms with van der Waals surface area (Å²) in [6.45, 7) is 0. The van der Waals surface area contributed by atoms with Crippen molar-refractivity contribution in [3.8, 4) is 0 Å². The molecule has 0 bridgehead atoms. The topological polar surface area (TPSA) is 42.0 Å². The first-order chi connectivity index (χ1) is 12.2. The quantitative estimate of drug-likeness (QED) is 0.762. The number of amides is 1. The van der Waals surface area contributed by atoms with Crippen LogP contribution in [-0.2, 0) is 5.54 Å². The number of nitrogens with zero attached hydrogens (tertiary/aromatic N) is 1. The van der Waals surface area contributed by atoms with Crippen LogP contribution in [0.2, 0.25) is 0 Å². The lowest BCUT2D eigenvalue weighted by Gasteiger charge is -2.31. The molecule has 0 atom stereocenters. The van der Waals surface area contributed by atoms with Gasteiger partial charge in [-0.3, -0.25) is 9.78 Å². The van der Waals surface area contributed by atoms with Gasteiger partial charge in [0.1, 0.15) is 5.82 Å². The van der Waals surface area contributed by atoms with E-state index in [1.165, 1.54) is 12.1 Å². The molecule has 25 heavy (non-hydrogen) atoms. The lowest BCUT2D eigenvalue weighted by molar-refractivity contribution is 0.0900. The first kappa shape index (κ1) is 15.8. The van der Waals surface area contributed by atoms with Crippen molar-refractivity contribution in [1.29, 1.82) is 0 Å². The summed E-state index contributed by atoms with van der Waals surface area (Å²) < 4.78 is 13.3. The Balaban J connectivity index is 1.71. The van der Waals surface area contributed by atoms with Crippen molar-refractivity contribution >= 4 is 16.8 Å². The number of rotatable bonds is 3. The lowest BCUT2D eigenvalue weighted by Crippen LogP contribution is -2.43. The molecule has 1 N–H and O–H groups in total. The van der Waals surface area contributed by atoms with Crippen LogP contribution >= 0.6 is 0 Å². The highest BCUT2D eigenvalue weighted by Gasteiger charge is 2.37. The SMILES string of the molecule is O=C(NC1(c2ccc(F)cc2)CCCC1)c1cccc2ncccc12. The number of hydrogen-bond donors (Lipinski definition) is 1. The fraction of sp³-hybridized carbons (Fsp3) is 0.238. The third-order valence-corrected chi connectivity index (χ3v) is 5.10. The minimum absolute atomic E-state index is 0.107. The Kier molecular flexibility index (Phi) is 3.96. The molecule has 1 aliphatic carbocycles. The Bertz CT molecular complexity index is 909. The normalized spacial score (nSPS) is 16.0. The van der Waals surface area contributed by atoms with Gasteiger partial charge in [-0.2, -0.15) is 0 Å². The molecular formula is C21H19FN2O. The summed E-state index contributed by atoms with van der Waals surface area (Å²) >= 11 is 0. The fourth-order valence-corrected chi connectivity index (χ4v) is 3.82. The Morgan fingerprint density at radius 2 is 1.76 bits per heavy atom. The maximum Gasteiger partial charge on any atom is 0.252 e. The van der Waals surface area contributed by atoms with Gasteiger partial charge in [-0.1, -0.05) is 37.1 Å². The predicted octanol–water partition coefficient (Wildman–Crippen LogP) is 4.57. The zero-order valence-electron chi connectivity index (χ0n) is 13.8. The molecule has 126 valence electrons. The van der Waals surface area contributed by atoms with Crippen LogP contribution in [0, 0.1) is 5.82 Å². The zero-order chi connectivity index (χ0) is 17.3. The average Bonchev–Trinajstić information content (AvgIpc) is 3.11. The van der Waals surface area contributed by atoms with E-state index in [4.69, 9.17) is 0 Å². The molecule has 1 saturated carbocycles. The van der Waals surface area contributed by atoms with E-state index in [1.54, 1.807) is 18.3 Å². The number of pyridine rings is 1. The van der Waals surface area contributed by atoms with Crippen molar-refractivity contribution in [1.82, 2.24) is 10.3 Å². The molecule has 4 heteroatoms. The molecule has 3 nitrogen and oxygen atoms in total. The maximum atomic E-state index is 13.3. The number of hydrogen-bond acceptors (Lipinski definition) is 2. The number of carbonyl (C=O) groups excluding carboxylic acids is 1. The standard InChI is InChI=1S/C21H19FN2O/c22-16-10-8-15(9-11-16)21(12-1-2-13-21)24-20(25)18-5-3-7-19-17(18)6-4-14-23-19/h3-11,14H,1-2,12-13H2,(H,24,25). The summed E-state index contributed by atoms with van der Waals surface area (Å²) in [4.78, 5) is 17.4. The second-order valence-corrected chi connectivity index (χ2v) is 6.63. The van der Waals surface area contributed by atoms with Crippen LogP contribution in [0.5, 0.6) is 0 Å². The van der Waals surface area contributed by atoms with Crippen LogP contribution in [0.1, 0.15) is 41.6 Å². The average molecular weight is 334 g/mol. The van der Waals surface area contributed by atoms with E-state index < -0.39 is 5.54 Å². The summed E-state index contributed by atoms with van der Waals surface area (Å²) in [6.07, 6.45) is 5.56. The van der Waals surface area contributed by atoms with Crippen LogP contribution in [0.25, 0.3) is 10.9 Å². The van der Waals surface area contributed by atoms with E-state index in [2.05, 4.69) is 10.3 Å². The molecule has 1 amide bonds. The van der Waals surface area contributed by atoms with Crippen LogP contribution in [-0.4, -0.2) is 10.9 Å². The van der Waals surface area contributed by atoms with Crippen molar-refractivity contribution in [3.63, 3.8) is 0 Å². The second kappa shape index (κ2) is 6.28. The van der Waals surface area contributed by atoms with Gasteiger partial charge in [0.25, 0.3) is 5.91 Å². The molecule has 4 rings (SSSR count). The minimum Gasteiger partial charge on any atom is -0.343 e. The number of aromatic nitrogens is 1. The summed E-state index contributed by atoms with van der Waals surface area (Å²) in [5.41, 5.74) is 1.98. The maximum absolute atomic E-state index is 13.3. The molecule has 0 spiro atoms. The smallest absolute Gasteiger partial charge is 0.252 e. The Hall–Kier alpha value is -2.75. The number of halogens is 1. The third kappa shape index (κ3) is 2.88. The molecule has 3 aromatic rings. The van der Waals surface area contributed by atoms with E-state index in [-0.39, 0.29) is 11.7 Å². The first-order valence-electron chi connectivity index (χ1n) is 8.60. The molecule has 0 radical (unpaired) electrons. The zero-order valence-corrected chi connectivity index (χ0v) is 13.8. The Morgan fingerprint density at radius 1 is 1.00 bits per heavy atom. The van der Waals surface area contributed by atoms with Gasteiger partial charge in [0.2, 0.25) is 0 Å². The van der Waals surface area contributed by atoms with Crippen molar-refractivity contribution in [2.75, 3.05) is 0 Å². The second-order valence-electron chi connectivity index (χ2n) is 6.63. The van der Waals surface area contributed by atoms with Gasteiger partial charge in [-0.15, -0.1) is 0 Å². The molecule has 0 unspecified atom stereocenters. The van der Waals surface area contributed by atoms with E-state index in [0.29, 0.717) is 5.56 Å². The molecule has 1 aliphatic rings. The summed E-state index contributed by atoms with van der Waals surface area (Å²) in [7, 11) is 0. The van der Waals surface area contributed by atoms with E-state index in [9.17, 15) is 9.18 Å². The largest absolute Gasteiger partial charge is 0.343 e. The summed E-state index contributed by atoms with van der Waals surface area (Å²) in [6, 6.07) is 15.8. The molecule has 0 aliphatic heterocycles. The first-order valence-corrected chi connectivity index (χ1v) is 8.60. The highest BCUT2D eigenvalue weighted by Crippen LogP contribution is 2.39. The van der Waals surface area contributed by atoms with Crippen LogP contribution in [0.3, 0.4) is 0 Å². The molecule has 1 fully saturated rings. The molecular weight excluding hydrogens is 315 g/mol. The summed E-state index contributed by atoms with van der Waals surface area (Å²) in [5.74, 6) is -0.367. The van der Waals surface area contributed by atoms with E-state index in [1.807, 2.05) is 30.3 Å².